The molecule has 0 bridgehead atoms. The zero-order chi connectivity index (χ0) is 10.8. The SMILES string of the molecule is COCC(C)S(=O)(=O)NC1CC(N)C1.Cl. The summed E-state index contributed by atoms with van der Waals surface area (Å²) in [5.74, 6) is 0. The lowest BCUT2D eigenvalue weighted by atomic mass is 9.89. The average Bonchev–Trinajstić information content (AvgIpc) is 2.01. The molecule has 1 unspecified atom stereocenters. The summed E-state index contributed by atoms with van der Waals surface area (Å²) >= 11 is 0. The molecule has 0 aliphatic heterocycles. The van der Waals surface area contributed by atoms with Crippen molar-refractivity contribution in [1.82, 2.24) is 4.72 Å². The number of hydrogen-bond acceptors (Lipinski definition) is 4. The van der Waals surface area contributed by atoms with E-state index in [1.54, 1.807) is 6.92 Å². The van der Waals surface area contributed by atoms with Crippen molar-refractivity contribution in [2.45, 2.75) is 37.1 Å². The first-order valence-electron chi connectivity index (χ1n) is 4.71. The molecule has 5 nitrogen and oxygen atoms in total. The number of halogens is 1. The minimum Gasteiger partial charge on any atom is -0.383 e. The molecule has 15 heavy (non-hydrogen) atoms. The second kappa shape index (κ2) is 6.00. The lowest BCUT2D eigenvalue weighted by Crippen LogP contribution is -2.52. The zero-order valence-electron chi connectivity index (χ0n) is 8.97. The molecule has 0 aromatic heterocycles. The van der Waals surface area contributed by atoms with Crippen LogP contribution >= 0.6 is 12.4 Å². The Morgan fingerprint density at radius 3 is 2.47 bits per heavy atom. The van der Waals surface area contributed by atoms with Gasteiger partial charge in [-0.1, -0.05) is 0 Å². The summed E-state index contributed by atoms with van der Waals surface area (Å²) in [7, 11) is -1.75. The van der Waals surface area contributed by atoms with E-state index in [2.05, 4.69) is 4.72 Å². The van der Waals surface area contributed by atoms with Gasteiger partial charge in [0.2, 0.25) is 10.0 Å². The maximum absolute atomic E-state index is 11.6. The Kier molecular flexibility index (Phi) is 6.05. The number of hydrogen-bond donors (Lipinski definition) is 2. The molecule has 0 spiro atoms. The smallest absolute Gasteiger partial charge is 0.216 e. The Balaban J connectivity index is 0.00000196. The van der Waals surface area contributed by atoms with E-state index in [4.69, 9.17) is 10.5 Å². The van der Waals surface area contributed by atoms with E-state index in [-0.39, 0.29) is 31.1 Å². The van der Waals surface area contributed by atoms with Gasteiger partial charge in [-0.3, -0.25) is 0 Å². The van der Waals surface area contributed by atoms with Crippen molar-refractivity contribution in [3.05, 3.63) is 0 Å². The first-order chi connectivity index (χ1) is 6.45. The van der Waals surface area contributed by atoms with Crippen molar-refractivity contribution in [3.63, 3.8) is 0 Å². The second-order valence-corrected chi connectivity index (χ2v) is 5.99. The normalized spacial score (nSPS) is 27.7. The van der Waals surface area contributed by atoms with Gasteiger partial charge in [0.15, 0.2) is 0 Å². The van der Waals surface area contributed by atoms with Gasteiger partial charge >= 0.3 is 0 Å². The van der Waals surface area contributed by atoms with Gasteiger partial charge in [0, 0.05) is 19.2 Å². The molecule has 0 radical (unpaired) electrons. The predicted octanol–water partition coefficient (Wildman–Crippen LogP) is -0.148. The van der Waals surface area contributed by atoms with Crippen molar-refractivity contribution in [2.75, 3.05) is 13.7 Å². The summed E-state index contributed by atoms with van der Waals surface area (Å²) in [4.78, 5) is 0. The molecule has 92 valence electrons. The number of ether oxygens (including phenoxy) is 1. The molecule has 1 saturated carbocycles. The first kappa shape index (κ1) is 15.1. The minimum atomic E-state index is -3.24. The van der Waals surface area contributed by atoms with Crippen molar-refractivity contribution in [3.8, 4) is 0 Å². The van der Waals surface area contributed by atoms with Crippen LogP contribution in [0.2, 0.25) is 0 Å². The fourth-order valence-corrected chi connectivity index (χ4v) is 2.64. The Labute approximate surface area is 97.2 Å². The number of nitrogens with two attached hydrogens (primary N) is 1. The minimum absolute atomic E-state index is 0. The van der Waals surface area contributed by atoms with Crippen LogP contribution in [0.1, 0.15) is 19.8 Å². The zero-order valence-corrected chi connectivity index (χ0v) is 10.6. The fraction of sp³-hybridized carbons (Fsp3) is 1.00. The Morgan fingerprint density at radius 1 is 1.53 bits per heavy atom. The Bertz CT molecular complexity index is 278. The van der Waals surface area contributed by atoms with Crippen LogP contribution in [0.4, 0.5) is 0 Å². The molecular weight excluding hydrogens is 240 g/mol. The topological polar surface area (TPSA) is 81.4 Å². The highest BCUT2D eigenvalue weighted by Gasteiger charge is 2.31. The highest BCUT2D eigenvalue weighted by atomic mass is 35.5. The highest BCUT2D eigenvalue weighted by molar-refractivity contribution is 7.90. The van der Waals surface area contributed by atoms with Crippen LogP contribution in [0.5, 0.6) is 0 Å². The van der Waals surface area contributed by atoms with Crippen LogP contribution in [0.3, 0.4) is 0 Å². The van der Waals surface area contributed by atoms with Crippen molar-refractivity contribution < 1.29 is 13.2 Å². The predicted molar refractivity (Wildman–Crippen MR) is 61.6 cm³/mol. The van der Waals surface area contributed by atoms with Crippen LogP contribution in [0.25, 0.3) is 0 Å². The third kappa shape index (κ3) is 4.24. The fourth-order valence-electron chi connectivity index (χ4n) is 1.43. The van der Waals surface area contributed by atoms with Gasteiger partial charge in [0.25, 0.3) is 0 Å². The molecule has 0 amide bonds. The average molecular weight is 259 g/mol. The number of rotatable bonds is 5. The van der Waals surface area contributed by atoms with E-state index in [1.807, 2.05) is 0 Å². The molecule has 0 heterocycles. The van der Waals surface area contributed by atoms with Crippen LogP contribution in [-0.4, -0.2) is 39.5 Å². The molecule has 0 aromatic rings. The monoisotopic (exact) mass is 258 g/mol. The molecule has 3 N–H and O–H groups in total. The number of methoxy groups -OCH3 is 1. The van der Waals surface area contributed by atoms with Gasteiger partial charge in [-0.2, -0.15) is 0 Å². The summed E-state index contributed by atoms with van der Waals surface area (Å²) in [6.45, 7) is 1.85. The molecule has 1 fully saturated rings. The van der Waals surface area contributed by atoms with Gasteiger partial charge in [-0.05, 0) is 19.8 Å². The number of sulfonamides is 1. The van der Waals surface area contributed by atoms with Crippen molar-refractivity contribution in [2.24, 2.45) is 5.73 Å². The van der Waals surface area contributed by atoms with Crippen LogP contribution in [-0.2, 0) is 14.8 Å². The van der Waals surface area contributed by atoms with E-state index in [0.29, 0.717) is 0 Å². The van der Waals surface area contributed by atoms with E-state index in [0.717, 1.165) is 12.8 Å². The summed E-state index contributed by atoms with van der Waals surface area (Å²) in [5.41, 5.74) is 5.56. The highest BCUT2D eigenvalue weighted by Crippen LogP contribution is 2.19. The van der Waals surface area contributed by atoms with E-state index in [9.17, 15) is 8.42 Å². The third-order valence-electron chi connectivity index (χ3n) is 2.44. The summed E-state index contributed by atoms with van der Waals surface area (Å²) in [5, 5.41) is -0.510. The molecular formula is C8H19ClN2O3S. The van der Waals surface area contributed by atoms with Gasteiger partial charge in [0.05, 0.1) is 11.9 Å². The summed E-state index contributed by atoms with van der Waals surface area (Å²) < 4.78 is 30.6. The van der Waals surface area contributed by atoms with Crippen molar-refractivity contribution >= 4 is 22.4 Å². The molecule has 1 aliphatic rings. The number of nitrogens with one attached hydrogen (secondary N) is 1. The second-order valence-electron chi connectivity index (χ2n) is 3.86. The molecule has 0 aromatic carbocycles. The van der Waals surface area contributed by atoms with Gasteiger partial charge in [-0.25, -0.2) is 13.1 Å². The lowest BCUT2D eigenvalue weighted by molar-refractivity contribution is 0.199. The lowest BCUT2D eigenvalue weighted by Gasteiger charge is -2.33. The van der Waals surface area contributed by atoms with E-state index in [1.165, 1.54) is 7.11 Å². The van der Waals surface area contributed by atoms with Crippen LogP contribution in [0.15, 0.2) is 0 Å². The molecule has 0 saturated heterocycles. The third-order valence-corrected chi connectivity index (χ3v) is 4.29. The molecule has 1 aliphatic carbocycles. The molecule has 1 rings (SSSR count). The van der Waals surface area contributed by atoms with E-state index < -0.39 is 15.3 Å². The standard InChI is InChI=1S/C8H18N2O3S.ClH/c1-6(5-13-2)14(11,12)10-8-3-7(9)4-8;/h6-8,10H,3-5,9H2,1-2H3;1H. The van der Waals surface area contributed by atoms with Crippen molar-refractivity contribution in [1.29, 1.82) is 0 Å². The molecule has 1 atom stereocenters. The Morgan fingerprint density at radius 2 is 2.07 bits per heavy atom. The van der Waals surface area contributed by atoms with Crippen LogP contribution in [0, 0.1) is 0 Å². The van der Waals surface area contributed by atoms with Gasteiger partial charge < -0.3 is 10.5 Å². The molecule has 7 heteroatoms. The van der Waals surface area contributed by atoms with Crippen LogP contribution < -0.4 is 10.5 Å². The Hall–Kier alpha value is 0.120. The van der Waals surface area contributed by atoms with Gasteiger partial charge in [0.1, 0.15) is 0 Å². The van der Waals surface area contributed by atoms with Gasteiger partial charge in [-0.15, -0.1) is 12.4 Å². The first-order valence-corrected chi connectivity index (χ1v) is 6.26. The summed E-state index contributed by atoms with van der Waals surface area (Å²) in [6.07, 6.45) is 1.47. The summed E-state index contributed by atoms with van der Waals surface area (Å²) in [6, 6.07) is 0.176. The maximum atomic E-state index is 11.6. The van der Waals surface area contributed by atoms with E-state index >= 15 is 0 Å². The largest absolute Gasteiger partial charge is 0.383 e. The quantitative estimate of drug-likeness (QED) is 0.719. The maximum Gasteiger partial charge on any atom is 0.216 e.